The van der Waals surface area contributed by atoms with Gasteiger partial charge in [-0.3, -0.25) is 0 Å². The fourth-order valence-corrected chi connectivity index (χ4v) is 7.08. The van der Waals surface area contributed by atoms with E-state index in [1.165, 1.54) is 18.2 Å². The highest BCUT2D eigenvalue weighted by molar-refractivity contribution is 7.95. The Bertz CT molecular complexity index is 1480. The summed E-state index contributed by atoms with van der Waals surface area (Å²) < 4.78 is 52.4. The Morgan fingerprint density at radius 2 is 1.12 bits per heavy atom. The van der Waals surface area contributed by atoms with Crippen molar-refractivity contribution in [2.75, 3.05) is 0 Å². The SMILES string of the molecule is C=C/C=C(\C=C)S(=O)(=O)c1cc(C)c(-c2c(C)cc(S(=O)(=O)c3ccccc3)cc2C)c(C)c1. The maximum absolute atomic E-state index is 13.1. The van der Waals surface area contributed by atoms with Crippen molar-refractivity contribution >= 4 is 19.7 Å². The second-order valence-electron chi connectivity index (χ2n) is 8.19. The number of sulfone groups is 2. The zero-order valence-corrected chi connectivity index (χ0v) is 21.4. The minimum atomic E-state index is -3.74. The summed E-state index contributed by atoms with van der Waals surface area (Å²) in [4.78, 5) is 0.737. The smallest absolute Gasteiger partial charge is 0.206 e. The van der Waals surface area contributed by atoms with Gasteiger partial charge in [-0.25, -0.2) is 16.8 Å². The summed E-state index contributed by atoms with van der Waals surface area (Å²) in [5.74, 6) is 0. The molecule has 0 aromatic heterocycles. The molecule has 0 bridgehead atoms. The third kappa shape index (κ3) is 4.56. The summed E-state index contributed by atoms with van der Waals surface area (Å²) >= 11 is 0. The number of benzene rings is 3. The topological polar surface area (TPSA) is 68.3 Å². The molecule has 0 heterocycles. The second kappa shape index (κ2) is 9.57. The number of hydrogen-bond donors (Lipinski definition) is 0. The lowest BCUT2D eigenvalue weighted by atomic mass is 9.89. The maximum Gasteiger partial charge on any atom is 0.206 e. The van der Waals surface area contributed by atoms with E-state index in [1.807, 2.05) is 27.7 Å². The van der Waals surface area contributed by atoms with Crippen LogP contribution in [0.5, 0.6) is 0 Å². The molecule has 176 valence electrons. The van der Waals surface area contributed by atoms with E-state index in [2.05, 4.69) is 13.2 Å². The first-order chi connectivity index (χ1) is 15.9. The highest BCUT2D eigenvalue weighted by Crippen LogP contribution is 2.37. The zero-order valence-electron chi connectivity index (χ0n) is 19.8. The van der Waals surface area contributed by atoms with E-state index in [0.717, 1.165) is 33.4 Å². The van der Waals surface area contributed by atoms with Crippen molar-refractivity contribution in [1.29, 1.82) is 0 Å². The second-order valence-corrected chi connectivity index (χ2v) is 12.1. The summed E-state index contributed by atoms with van der Waals surface area (Å²) in [6.07, 6.45) is 4.14. The van der Waals surface area contributed by atoms with Crippen LogP contribution in [0.3, 0.4) is 0 Å². The minimum Gasteiger partial charge on any atom is -0.219 e. The molecular weight excluding hydrogens is 464 g/mol. The van der Waals surface area contributed by atoms with E-state index >= 15 is 0 Å². The van der Waals surface area contributed by atoms with E-state index in [-0.39, 0.29) is 19.6 Å². The van der Waals surface area contributed by atoms with Crippen LogP contribution in [0.15, 0.2) is 106 Å². The molecule has 0 fully saturated rings. The van der Waals surface area contributed by atoms with Crippen molar-refractivity contribution in [1.82, 2.24) is 0 Å². The van der Waals surface area contributed by atoms with Crippen LogP contribution < -0.4 is 0 Å². The maximum atomic E-state index is 13.1. The lowest BCUT2D eigenvalue weighted by Crippen LogP contribution is -2.06. The fourth-order valence-electron chi connectivity index (χ4n) is 4.20. The molecule has 0 aliphatic carbocycles. The van der Waals surface area contributed by atoms with Crippen molar-refractivity contribution in [2.45, 2.75) is 42.4 Å². The molecule has 0 atom stereocenters. The van der Waals surface area contributed by atoms with Crippen LogP contribution in [0, 0.1) is 27.7 Å². The van der Waals surface area contributed by atoms with Crippen molar-refractivity contribution < 1.29 is 16.8 Å². The molecule has 6 heteroatoms. The van der Waals surface area contributed by atoms with Crippen molar-refractivity contribution in [3.8, 4) is 11.1 Å². The van der Waals surface area contributed by atoms with Gasteiger partial charge >= 0.3 is 0 Å². The first-order valence-corrected chi connectivity index (χ1v) is 13.6. The molecule has 0 saturated heterocycles. The Morgan fingerprint density at radius 3 is 1.53 bits per heavy atom. The lowest BCUT2D eigenvalue weighted by Gasteiger charge is -2.19. The number of allylic oxidation sites excluding steroid dienone is 3. The molecule has 0 aliphatic rings. The predicted octanol–water partition coefficient (Wildman–Crippen LogP) is 6.45. The normalized spacial score (nSPS) is 12.4. The van der Waals surface area contributed by atoms with Crippen LogP contribution in [0.2, 0.25) is 0 Å². The Hall–Kier alpha value is -3.22. The van der Waals surface area contributed by atoms with Crippen LogP contribution in [-0.4, -0.2) is 16.8 Å². The van der Waals surface area contributed by atoms with Gasteiger partial charge in [0.05, 0.1) is 19.6 Å². The molecular formula is C28H28O4S2. The third-order valence-corrected chi connectivity index (χ3v) is 9.26. The molecule has 34 heavy (non-hydrogen) atoms. The van der Waals surface area contributed by atoms with E-state index in [4.69, 9.17) is 0 Å². The quantitative estimate of drug-likeness (QED) is 0.356. The molecule has 3 aromatic rings. The summed E-state index contributed by atoms with van der Waals surface area (Å²) in [5, 5.41) is 0. The van der Waals surface area contributed by atoms with Crippen LogP contribution in [0.4, 0.5) is 0 Å². The predicted molar refractivity (Wildman–Crippen MR) is 138 cm³/mol. The summed E-state index contributed by atoms with van der Waals surface area (Å²) in [7, 11) is -7.39. The highest BCUT2D eigenvalue weighted by atomic mass is 32.2. The molecule has 0 saturated carbocycles. The average Bonchev–Trinajstić information content (AvgIpc) is 2.78. The Kier molecular flexibility index (Phi) is 7.15. The van der Waals surface area contributed by atoms with E-state index in [9.17, 15) is 16.8 Å². The summed E-state index contributed by atoms with van der Waals surface area (Å²) in [6.45, 7) is 14.7. The lowest BCUT2D eigenvalue weighted by molar-refractivity contribution is 0.595. The van der Waals surface area contributed by atoms with Gasteiger partial charge in [-0.05, 0) is 104 Å². The number of aryl methyl sites for hydroxylation is 4. The summed E-state index contributed by atoms with van der Waals surface area (Å²) in [6, 6.07) is 15.0. The van der Waals surface area contributed by atoms with Gasteiger partial charge in [-0.15, -0.1) is 0 Å². The summed E-state index contributed by atoms with van der Waals surface area (Å²) in [5.41, 5.74) is 4.96. The van der Waals surface area contributed by atoms with Crippen molar-refractivity contribution in [3.63, 3.8) is 0 Å². The van der Waals surface area contributed by atoms with Crippen molar-refractivity contribution in [3.05, 3.63) is 113 Å². The number of rotatable bonds is 7. The molecule has 3 rings (SSSR count). The van der Waals surface area contributed by atoms with Crippen LogP contribution in [-0.2, 0) is 19.7 Å². The third-order valence-electron chi connectivity index (χ3n) is 5.73. The van der Waals surface area contributed by atoms with Crippen LogP contribution >= 0.6 is 0 Å². The largest absolute Gasteiger partial charge is 0.219 e. The molecule has 4 nitrogen and oxygen atoms in total. The van der Waals surface area contributed by atoms with Crippen LogP contribution in [0.1, 0.15) is 22.3 Å². The van der Waals surface area contributed by atoms with Gasteiger partial charge in [-0.1, -0.05) is 43.5 Å². The van der Waals surface area contributed by atoms with Gasteiger partial charge in [0.2, 0.25) is 19.7 Å². The molecule has 0 aliphatic heterocycles. The molecule has 0 unspecified atom stereocenters. The minimum absolute atomic E-state index is 0.0804. The van der Waals surface area contributed by atoms with E-state index in [0.29, 0.717) is 0 Å². The van der Waals surface area contributed by atoms with E-state index < -0.39 is 19.7 Å². The number of hydrogen-bond acceptors (Lipinski definition) is 4. The first kappa shape index (κ1) is 25.4. The van der Waals surface area contributed by atoms with Gasteiger partial charge < -0.3 is 0 Å². The monoisotopic (exact) mass is 492 g/mol. The first-order valence-electron chi connectivity index (χ1n) is 10.7. The van der Waals surface area contributed by atoms with Gasteiger partial charge in [0, 0.05) is 0 Å². The highest BCUT2D eigenvalue weighted by Gasteiger charge is 2.23. The Balaban J connectivity index is 2.18. The average molecular weight is 493 g/mol. The van der Waals surface area contributed by atoms with Gasteiger partial charge in [0.15, 0.2) is 0 Å². The Labute approximate surface area is 202 Å². The van der Waals surface area contributed by atoms with Crippen LogP contribution in [0.25, 0.3) is 11.1 Å². The van der Waals surface area contributed by atoms with Gasteiger partial charge in [-0.2, -0.15) is 0 Å². The molecule has 0 N–H and O–H groups in total. The van der Waals surface area contributed by atoms with Gasteiger partial charge in [0.1, 0.15) is 0 Å². The molecule has 0 amide bonds. The standard InChI is InChI=1S/C28H28O4S2/c1-7-12-23(8-2)33(29,30)25-15-19(3)27(20(4)16-25)28-21(5)17-26(18-22(28)6)34(31,32)24-13-10-9-11-14-24/h7-18H,1-2H2,3-6H3/b23-12+. The van der Waals surface area contributed by atoms with Crippen molar-refractivity contribution in [2.24, 2.45) is 0 Å². The fraction of sp³-hybridized carbons (Fsp3) is 0.143. The molecule has 0 radical (unpaired) electrons. The molecule has 0 spiro atoms. The van der Waals surface area contributed by atoms with E-state index in [1.54, 1.807) is 54.6 Å². The zero-order chi connectivity index (χ0) is 25.3. The molecule has 3 aromatic carbocycles. The van der Waals surface area contributed by atoms with Gasteiger partial charge in [0.25, 0.3) is 0 Å². The Morgan fingerprint density at radius 1 is 0.676 bits per heavy atom.